The van der Waals surface area contributed by atoms with Crippen molar-refractivity contribution in [3.05, 3.63) is 0 Å². The Balaban J connectivity index is 4.00. The third-order valence-corrected chi connectivity index (χ3v) is 3.90. The van der Waals surface area contributed by atoms with E-state index in [4.69, 9.17) is 0 Å². The molecule has 0 aliphatic heterocycles. The lowest BCUT2D eigenvalue weighted by Gasteiger charge is -2.22. The first-order valence-corrected chi connectivity index (χ1v) is 6.16. The summed E-state index contributed by atoms with van der Waals surface area (Å²) in [6, 6.07) is 0.413. The summed E-state index contributed by atoms with van der Waals surface area (Å²) in [4.78, 5) is 0. The van der Waals surface area contributed by atoms with Crippen molar-refractivity contribution in [2.75, 3.05) is 12.3 Å². The Labute approximate surface area is 78.6 Å². The summed E-state index contributed by atoms with van der Waals surface area (Å²) in [6.45, 7) is 9.23. The Morgan fingerprint density at radius 3 is 2.25 bits per heavy atom. The molecule has 3 heteroatoms. The second-order valence-corrected chi connectivity index (χ2v) is 5.03. The van der Waals surface area contributed by atoms with Crippen LogP contribution in [0.25, 0.3) is 0 Å². The van der Waals surface area contributed by atoms with E-state index in [1.165, 1.54) is 0 Å². The largest absolute Gasteiger partial charge is 0.313 e. The van der Waals surface area contributed by atoms with Gasteiger partial charge in [-0.3, -0.25) is 4.21 Å². The molecule has 2 nitrogen and oxygen atoms in total. The van der Waals surface area contributed by atoms with E-state index >= 15 is 0 Å². The Bertz CT molecular complexity index is 138. The number of hydrogen-bond donors (Lipinski definition) is 1. The first kappa shape index (κ1) is 12.1. The van der Waals surface area contributed by atoms with Gasteiger partial charge in [0.1, 0.15) is 0 Å². The van der Waals surface area contributed by atoms with Crippen molar-refractivity contribution in [3.63, 3.8) is 0 Å². The minimum atomic E-state index is -0.666. The summed E-state index contributed by atoms with van der Waals surface area (Å²) in [5, 5.41) is 3.63. The van der Waals surface area contributed by atoms with Gasteiger partial charge in [0.2, 0.25) is 0 Å². The van der Waals surface area contributed by atoms with Gasteiger partial charge in [-0.05, 0) is 19.9 Å². The van der Waals surface area contributed by atoms with E-state index in [0.717, 1.165) is 18.7 Å². The van der Waals surface area contributed by atoms with Gasteiger partial charge in [0.05, 0.1) is 0 Å². The van der Waals surface area contributed by atoms with E-state index < -0.39 is 10.8 Å². The first-order valence-electron chi connectivity index (χ1n) is 4.77. The summed E-state index contributed by atoms with van der Waals surface area (Å²) >= 11 is 0. The van der Waals surface area contributed by atoms with Gasteiger partial charge in [-0.25, -0.2) is 0 Å². The molecule has 0 fully saturated rings. The molecule has 3 atom stereocenters. The molecule has 0 saturated carbocycles. The SMILES string of the molecule is CCNC(CC)C(C)S(=O)CC. The molecule has 74 valence electrons. The van der Waals surface area contributed by atoms with E-state index in [1.807, 2.05) is 6.92 Å². The quantitative estimate of drug-likeness (QED) is 0.690. The van der Waals surface area contributed by atoms with Crippen molar-refractivity contribution in [1.82, 2.24) is 5.32 Å². The van der Waals surface area contributed by atoms with Crippen LogP contribution in [0.2, 0.25) is 0 Å². The summed E-state index contributed by atoms with van der Waals surface area (Å²) < 4.78 is 11.5. The molecule has 0 amide bonds. The van der Waals surface area contributed by atoms with Crippen LogP contribution in [-0.2, 0) is 10.8 Å². The van der Waals surface area contributed by atoms with Crippen LogP contribution in [0, 0.1) is 0 Å². The lowest BCUT2D eigenvalue weighted by molar-refractivity contribution is 0.500. The minimum absolute atomic E-state index is 0.278. The third-order valence-electron chi connectivity index (χ3n) is 2.17. The van der Waals surface area contributed by atoms with Crippen LogP contribution in [0.3, 0.4) is 0 Å². The molecule has 1 N–H and O–H groups in total. The van der Waals surface area contributed by atoms with Crippen molar-refractivity contribution in [3.8, 4) is 0 Å². The van der Waals surface area contributed by atoms with Crippen molar-refractivity contribution in [1.29, 1.82) is 0 Å². The van der Waals surface area contributed by atoms with E-state index in [9.17, 15) is 4.21 Å². The predicted octanol–water partition coefficient (Wildman–Crippen LogP) is 1.53. The van der Waals surface area contributed by atoms with Crippen LogP contribution in [0.1, 0.15) is 34.1 Å². The minimum Gasteiger partial charge on any atom is -0.313 e. The van der Waals surface area contributed by atoms with Crippen molar-refractivity contribution >= 4 is 10.8 Å². The third kappa shape index (κ3) is 3.68. The molecule has 0 radical (unpaired) electrons. The molecular weight excluding hydrogens is 170 g/mol. The van der Waals surface area contributed by atoms with Crippen molar-refractivity contribution in [2.45, 2.75) is 45.4 Å². The molecular formula is C9H21NOS. The molecule has 3 unspecified atom stereocenters. The molecule has 12 heavy (non-hydrogen) atoms. The average molecular weight is 191 g/mol. The van der Waals surface area contributed by atoms with Gasteiger partial charge in [-0.1, -0.05) is 20.8 Å². The highest BCUT2D eigenvalue weighted by Gasteiger charge is 2.18. The molecule has 0 aromatic heterocycles. The predicted molar refractivity (Wildman–Crippen MR) is 55.9 cm³/mol. The maximum atomic E-state index is 11.5. The monoisotopic (exact) mass is 191 g/mol. The molecule has 0 bridgehead atoms. The molecule has 0 aliphatic carbocycles. The molecule has 0 rings (SSSR count). The van der Waals surface area contributed by atoms with E-state index in [0.29, 0.717) is 6.04 Å². The average Bonchev–Trinajstić information content (AvgIpc) is 2.11. The normalized spacial score (nSPS) is 18.7. The van der Waals surface area contributed by atoms with Gasteiger partial charge in [-0.15, -0.1) is 0 Å². The van der Waals surface area contributed by atoms with Gasteiger partial charge in [0.15, 0.2) is 0 Å². The second kappa shape index (κ2) is 6.61. The highest BCUT2D eigenvalue weighted by atomic mass is 32.2. The molecule has 0 spiro atoms. The molecule has 0 aromatic carbocycles. The van der Waals surface area contributed by atoms with Crippen molar-refractivity contribution < 1.29 is 4.21 Å². The Morgan fingerprint density at radius 1 is 1.33 bits per heavy atom. The zero-order chi connectivity index (χ0) is 9.56. The van der Waals surface area contributed by atoms with E-state index in [2.05, 4.69) is 26.1 Å². The van der Waals surface area contributed by atoms with Gasteiger partial charge in [0, 0.05) is 27.8 Å². The van der Waals surface area contributed by atoms with Crippen LogP contribution >= 0.6 is 0 Å². The Hall–Kier alpha value is 0.110. The standard InChI is InChI=1S/C9H21NOS/c1-5-9(10-6-2)8(4)12(11)7-3/h8-10H,5-7H2,1-4H3. The summed E-state index contributed by atoms with van der Waals surface area (Å²) in [7, 11) is -0.666. The topological polar surface area (TPSA) is 29.1 Å². The van der Waals surface area contributed by atoms with E-state index in [1.54, 1.807) is 0 Å². The smallest absolute Gasteiger partial charge is 0.0472 e. The van der Waals surface area contributed by atoms with Gasteiger partial charge >= 0.3 is 0 Å². The highest BCUT2D eigenvalue weighted by Crippen LogP contribution is 2.05. The molecule has 0 saturated heterocycles. The highest BCUT2D eigenvalue weighted by molar-refractivity contribution is 7.85. The van der Waals surface area contributed by atoms with Crippen LogP contribution in [0.4, 0.5) is 0 Å². The van der Waals surface area contributed by atoms with Crippen LogP contribution in [0.5, 0.6) is 0 Å². The van der Waals surface area contributed by atoms with Gasteiger partial charge in [0.25, 0.3) is 0 Å². The van der Waals surface area contributed by atoms with Crippen LogP contribution in [-0.4, -0.2) is 27.8 Å². The zero-order valence-corrected chi connectivity index (χ0v) is 9.41. The lowest BCUT2D eigenvalue weighted by Crippen LogP contribution is -2.40. The lowest BCUT2D eigenvalue weighted by atomic mass is 10.2. The van der Waals surface area contributed by atoms with E-state index in [-0.39, 0.29) is 5.25 Å². The Kier molecular flexibility index (Phi) is 6.67. The fraction of sp³-hybridized carbons (Fsp3) is 1.00. The zero-order valence-electron chi connectivity index (χ0n) is 8.59. The first-order chi connectivity index (χ1) is 5.67. The fourth-order valence-corrected chi connectivity index (χ4v) is 2.53. The summed E-state index contributed by atoms with van der Waals surface area (Å²) in [6.07, 6.45) is 1.06. The molecule has 0 aliphatic rings. The van der Waals surface area contributed by atoms with Gasteiger partial charge < -0.3 is 5.32 Å². The second-order valence-electron chi connectivity index (χ2n) is 2.95. The summed E-state index contributed by atoms with van der Waals surface area (Å²) in [5.74, 6) is 0.767. The van der Waals surface area contributed by atoms with Crippen LogP contribution < -0.4 is 5.32 Å². The van der Waals surface area contributed by atoms with Crippen LogP contribution in [0.15, 0.2) is 0 Å². The number of rotatable bonds is 6. The number of hydrogen-bond acceptors (Lipinski definition) is 2. The van der Waals surface area contributed by atoms with Gasteiger partial charge in [-0.2, -0.15) is 0 Å². The maximum Gasteiger partial charge on any atom is 0.0472 e. The van der Waals surface area contributed by atoms with Crippen molar-refractivity contribution in [2.24, 2.45) is 0 Å². The summed E-state index contributed by atoms with van der Waals surface area (Å²) in [5.41, 5.74) is 0. The molecule has 0 heterocycles. The Morgan fingerprint density at radius 2 is 1.92 bits per heavy atom. The number of nitrogens with one attached hydrogen (secondary N) is 1. The fourth-order valence-electron chi connectivity index (χ4n) is 1.35. The maximum absolute atomic E-state index is 11.5. The molecule has 0 aromatic rings.